The zero-order chi connectivity index (χ0) is 21.4. The summed E-state index contributed by atoms with van der Waals surface area (Å²) in [4.78, 5) is 31.4. The fourth-order valence-electron chi connectivity index (χ4n) is 5.29. The molecular formula is C22H28FN5O2. The number of halogens is 1. The maximum Gasteiger partial charge on any atom is 0.241 e. The number of nitrogens with two attached hydrogens (primary N) is 1. The number of nitriles is 1. The number of rotatable bonds is 6. The number of hydrogen-bond acceptors (Lipinski definition) is 5. The van der Waals surface area contributed by atoms with E-state index in [0.717, 1.165) is 24.8 Å². The average molecular weight is 413 g/mol. The molecule has 3 fully saturated rings. The Morgan fingerprint density at radius 1 is 1.37 bits per heavy atom. The van der Waals surface area contributed by atoms with Gasteiger partial charge >= 0.3 is 0 Å². The summed E-state index contributed by atoms with van der Waals surface area (Å²) in [6.45, 7) is 3.60. The number of carbonyl (C=O) groups excluding carboxylic acids is 2. The lowest BCUT2D eigenvalue weighted by Crippen LogP contribution is -2.56. The van der Waals surface area contributed by atoms with Crippen LogP contribution in [0.3, 0.4) is 0 Å². The SMILES string of the molecule is CC[C@@H](c1ccc(F)cc1)N1C(=O)C2C[C@H]1CN2CC(N)C(=O)N1CCCC1C#N. The molecule has 2 N–H and O–H groups in total. The smallest absolute Gasteiger partial charge is 0.241 e. The van der Waals surface area contributed by atoms with Gasteiger partial charge in [-0.2, -0.15) is 5.26 Å². The van der Waals surface area contributed by atoms with Crippen molar-refractivity contribution in [3.63, 3.8) is 0 Å². The van der Waals surface area contributed by atoms with Gasteiger partial charge in [-0.3, -0.25) is 14.5 Å². The maximum atomic E-state index is 13.3. The van der Waals surface area contributed by atoms with Crippen LogP contribution >= 0.6 is 0 Å². The highest BCUT2D eigenvalue weighted by Crippen LogP contribution is 2.39. The van der Waals surface area contributed by atoms with Crippen molar-refractivity contribution in [1.82, 2.24) is 14.7 Å². The van der Waals surface area contributed by atoms with Gasteiger partial charge in [-0.25, -0.2) is 4.39 Å². The molecule has 5 atom stereocenters. The van der Waals surface area contributed by atoms with Gasteiger partial charge in [-0.15, -0.1) is 0 Å². The van der Waals surface area contributed by atoms with Gasteiger partial charge in [0.15, 0.2) is 0 Å². The molecule has 3 aliphatic heterocycles. The molecule has 2 bridgehead atoms. The molecule has 7 nitrogen and oxygen atoms in total. The van der Waals surface area contributed by atoms with Crippen molar-refractivity contribution >= 4 is 11.8 Å². The average Bonchev–Trinajstić information content (AvgIpc) is 3.45. The Morgan fingerprint density at radius 2 is 2.10 bits per heavy atom. The first kappa shape index (κ1) is 20.8. The van der Waals surface area contributed by atoms with Crippen LogP contribution in [0.2, 0.25) is 0 Å². The van der Waals surface area contributed by atoms with E-state index in [1.807, 2.05) is 16.7 Å². The standard InChI is InChI=1S/C22H28FN5O2/c1-2-19(14-5-7-15(23)8-6-14)28-17-10-20(22(28)30)26(12-17)13-18(25)21(29)27-9-3-4-16(27)11-24/h5-8,16-20H,2-4,9-10,12-13,25H2,1H3/t16?,17-,18?,19-,20?/m0/s1. The lowest BCUT2D eigenvalue weighted by Gasteiger charge is -2.39. The lowest BCUT2D eigenvalue weighted by molar-refractivity contribution is -0.141. The van der Waals surface area contributed by atoms with E-state index in [9.17, 15) is 19.2 Å². The van der Waals surface area contributed by atoms with Crippen LogP contribution in [0.5, 0.6) is 0 Å². The van der Waals surface area contributed by atoms with Crippen LogP contribution in [0.25, 0.3) is 0 Å². The van der Waals surface area contributed by atoms with Crippen molar-refractivity contribution in [3.05, 3.63) is 35.6 Å². The number of nitrogens with zero attached hydrogens (tertiary/aromatic N) is 4. The number of piperazine rings is 1. The van der Waals surface area contributed by atoms with Crippen molar-refractivity contribution in [2.24, 2.45) is 5.73 Å². The van der Waals surface area contributed by atoms with Crippen LogP contribution in [0, 0.1) is 17.1 Å². The highest BCUT2D eigenvalue weighted by molar-refractivity contribution is 5.87. The van der Waals surface area contributed by atoms with Crippen molar-refractivity contribution in [3.8, 4) is 6.07 Å². The zero-order valence-corrected chi connectivity index (χ0v) is 17.2. The van der Waals surface area contributed by atoms with E-state index in [2.05, 4.69) is 6.07 Å². The minimum atomic E-state index is -0.737. The van der Waals surface area contributed by atoms with Crippen LogP contribution in [0.15, 0.2) is 24.3 Å². The molecule has 160 valence electrons. The van der Waals surface area contributed by atoms with E-state index in [-0.39, 0.29) is 35.8 Å². The van der Waals surface area contributed by atoms with Gasteiger partial charge < -0.3 is 15.5 Å². The molecule has 3 unspecified atom stereocenters. The third kappa shape index (κ3) is 3.57. The van der Waals surface area contributed by atoms with Crippen LogP contribution in [-0.4, -0.2) is 70.3 Å². The van der Waals surface area contributed by atoms with E-state index in [0.29, 0.717) is 26.1 Å². The third-order valence-electron chi connectivity index (χ3n) is 6.72. The molecule has 3 aliphatic rings. The number of likely N-dealkylation sites (tertiary alicyclic amines) is 3. The van der Waals surface area contributed by atoms with Crippen molar-refractivity contribution in [1.29, 1.82) is 5.26 Å². The Labute approximate surface area is 176 Å². The Morgan fingerprint density at radius 3 is 2.73 bits per heavy atom. The zero-order valence-electron chi connectivity index (χ0n) is 17.2. The van der Waals surface area contributed by atoms with Gasteiger partial charge in [0.25, 0.3) is 0 Å². The summed E-state index contributed by atoms with van der Waals surface area (Å²) in [5.41, 5.74) is 7.13. The first-order valence-corrected chi connectivity index (χ1v) is 10.7. The van der Waals surface area contributed by atoms with Crippen LogP contribution < -0.4 is 5.73 Å². The molecule has 8 heteroatoms. The fraction of sp³-hybridized carbons (Fsp3) is 0.591. The van der Waals surface area contributed by atoms with Gasteiger partial charge in [0.1, 0.15) is 11.9 Å². The first-order chi connectivity index (χ1) is 14.4. The molecular weight excluding hydrogens is 385 g/mol. The molecule has 0 aliphatic carbocycles. The number of fused-ring (bicyclic) bond motifs is 2. The van der Waals surface area contributed by atoms with Gasteiger partial charge in [-0.1, -0.05) is 19.1 Å². The molecule has 3 heterocycles. The van der Waals surface area contributed by atoms with Gasteiger partial charge in [-0.05, 0) is 43.4 Å². The van der Waals surface area contributed by atoms with Crippen LogP contribution in [0.4, 0.5) is 4.39 Å². The van der Waals surface area contributed by atoms with E-state index < -0.39 is 12.1 Å². The highest BCUT2D eigenvalue weighted by atomic mass is 19.1. The molecule has 3 saturated heterocycles. The molecule has 1 aromatic carbocycles. The Balaban J connectivity index is 1.41. The summed E-state index contributed by atoms with van der Waals surface area (Å²) >= 11 is 0. The summed E-state index contributed by atoms with van der Waals surface area (Å²) < 4.78 is 13.3. The van der Waals surface area contributed by atoms with E-state index >= 15 is 0 Å². The van der Waals surface area contributed by atoms with E-state index in [1.54, 1.807) is 17.0 Å². The van der Waals surface area contributed by atoms with Gasteiger partial charge in [0.2, 0.25) is 11.8 Å². The molecule has 0 saturated carbocycles. The van der Waals surface area contributed by atoms with Crippen molar-refractivity contribution in [2.75, 3.05) is 19.6 Å². The molecule has 4 rings (SSSR count). The Hall–Kier alpha value is -2.50. The van der Waals surface area contributed by atoms with Crippen LogP contribution in [-0.2, 0) is 9.59 Å². The topological polar surface area (TPSA) is 93.7 Å². The second kappa shape index (κ2) is 8.32. The van der Waals surface area contributed by atoms with Gasteiger partial charge in [0.05, 0.1) is 24.2 Å². The van der Waals surface area contributed by atoms with E-state index in [4.69, 9.17) is 5.73 Å². The molecule has 0 spiro atoms. The largest absolute Gasteiger partial charge is 0.330 e. The molecule has 0 radical (unpaired) electrons. The van der Waals surface area contributed by atoms with Crippen LogP contribution in [0.1, 0.15) is 44.2 Å². The number of amides is 2. The second-order valence-corrected chi connectivity index (χ2v) is 8.51. The predicted octanol–water partition coefficient (Wildman–Crippen LogP) is 1.40. The quantitative estimate of drug-likeness (QED) is 0.761. The lowest BCUT2D eigenvalue weighted by atomic mass is 10.0. The molecule has 2 amide bonds. The summed E-state index contributed by atoms with van der Waals surface area (Å²) in [5.74, 6) is -0.439. The fourth-order valence-corrected chi connectivity index (χ4v) is 5.29. The second-order valence-electron chi connectivity index (χ2n) is 8.51. The predicted molar refractivity (Wildman–Crippen MR) is 108 cm³/mol. The number of hydrogen-bond donors (Lipinski definition) is 1. The summed E-state index contributed by atoms with van der Waals surface area (Å²) in [5, 5.41) is 9.22. The van der Waals surface area contributed by atoms with Crippen molar-refractivity contribution < 1.29 is 14.0 Å². The van der Waals surface area contributed by atoms with E-state index in [1.165, 1.54) is 12.1 Å². The molecule has 1 aromatic rings. The minimum absolute atomic E-state index is 0.0538. The maximum absolute atomic E-state index is 13.3. The summed E-state index contributed by atoms with van der Waals surface area (Å²) in [7, 11) is 0. The summed E-state index contributed by atoms with van der Waals surface area (Å²) in [6.07, 6.45) is 2.99. The van der Waals surface area contributed by atoms with Gasteiger partial charge in [0, 0.05) is 25.7 Å². The number of carbonyl (C=O) groups is 2. The molecule has 30 heavy (non-hydrogen) atoms. The highest BCUT2D eigenvalue weighted by Gasteiger charge is 2.52. The monoisotopic (exact) mass is 413 g/mol. The molecule has 0 aromatic heterocycles. The Kier molecular flexibility index (Phi) is 5.76. The first-order valence-electron chi connectivity index (χ1n) is 10.7. The third-order valence-corrected chi connectivity index (χ3v) is 6.72. The normalized spacial score (nSPS) is 28.1. The number of benzene rings is 1. The minimum Gasteiger partial charge on any atom is -0.330 e. The summed E-state index contributed by atoms with van der Waals surface area (Å²) in [6, 6.07) is 7.12. The van der Waals surface area contributed by atoms with Crippen molar-refractivity contribution in [2.45, 2.75) is 62.8 Å². The Bertz CT molecular complexity index is 854.